The molecule has 1 fully saturated rings. The molecule has 1 N–H and O–H groups in total. The van der Waals surface area contributed by atoms with Crippen LogP contribution >= 0.6 is 0 Å². The van der Waals surface area contributed by atoms with Gasteiger partial charge in [-0.05, 0) is 49.1 Å². The first-order valence-electron chi connectivity index (χ1n) is 10.3. The average Bonchev–Trinajstić information content (AvgIpc) is 3.27. The predicted molar refractivity (Wildman–Crippen MR) is 117 cm³/mol. The number of imide groups is 1. The quantitative estimate of drug-likeness (QED) is 0.699. The zero-order chi connectivity index (χ0) is 22.2. The Kier molecular flexibility index (Phi) is 5.31. The lowest BCUT2D eigenvalue weighted by Crippen LogP contribution is -2.39. The summed E-state index contributed by atoms with van der Waals surface area (Å²) in [6.45, 7) is 6.06. The minimum atomic E-state index is -0.496. The molecule has 0 aromatic carbocycles. The van der Waals surface area contributed by atoms with Gasteiger partial charge in [-0.15, -0.1) is 0 Å². The van der Waals surface area contributed by atoms with Gasteiger partial charge in [0.25, 0.3) is 0 Å². The summed E-state index contributed by atoms with van der Waals surface area (Å²) in [6, 6.07) is 7.33. The molecule has 3 amide bonds. The molecule has 3 aromatic rings. The third-order valence-corrected chi connectivity index (χ3v) is 5.68. The van der Waals surface area contributed by atoms with E-state index in [1.54, 1.807) is 23.1 Å². The molecule has 0 aliphatic carbocycles. The average molecular weight is 419 g/mol. The summed E-state index contributed by atoms with van der Waals surface area (Å²) in [5.74, 6) is 0.287. The zero-order valence-electron chi connectivity index (χ0n) is 18.2. The van der Waals surface area contributed by atoms with E-state index < -0.39 is 11.4 Å². The van der Waals surface area contributed by atoms with Gasteiger partial charge in [0.1, 0.15) is 5.82 Å². The van der Waals surface area contributed by atoms with E-state index in [0.29, 0.717) is 25.2 Å². The summed E-state index contributed by atoms with van der Waals surface area (Å²) < 4.78 is 1.75. The van der Waals surface area contributed by atoms with Gasteiger partial charge in [-0.1, -0.05) is 19.9 Å². The summed E-state index contributed by atoms with van der Waals surface area (Å²) in [6.07, 6.45) is 6.88. The Hall–Kier alpha value is -3.55. The molecule has 31 heavy (non-hydrogen) atoms. The lowest BCUT2D eigenvalue weighted by atomic mass is 9.92. The molecule has 8 nitrogen and oxygen atoms in total. The van der Waals surface area contributed by atoms with E-state index in [0.717, 1.165) is 28.1 Å². The summed E-state index contributed by atoms with van der Waals surface area (Å²) in [5, 5.41) is 6.96. The van der Waals surface area contributed by atoms with Crippen LogP contribution in [0.2, 0.25) is 0 Å². The van der Waals surface area contributed by atoms with Crippen molar-refractivity contribution in [1.82, 2.24) is 24.6 Å². The zero-order valence-corrected chi connectivity index (χ0v) is 18.2. The number of urea groups is 1. The van der Waals surface area contributed by atoms with Gasteiger partial charge in [-0.3, -0.25) is 24.7 Å². The number of carbonyl (C=O) groups is 2. The molecule has 1 aliphatic heterocycles. The van der Waals surface area contributed by atoms with Crippen LogP contribution in [-0.4, -0.2) is 43.1 Å². The molecule has 0 bridgehead atoms. The van der Waals surface area contributed by atoms with Gasteiger partial charge in [0.05, 0.1) is 11.9 Å². The van der Waals surface area contributed by atoms with E-state index in [9.17, 15) is 9.59 Å². The Labute approximate surface area is 181 Å². The van der Waals surface area contributed by atoms with Gasteiger partial charge in [0, 0.05) is 42.7 Å². The normalized spacial score (nSPS) is 15.4. The molecule has 0 unspecified atom stereocenters. The van der Waals surface area contributed by atoms with Crippen molar-refractivity contribution in [2.75, 3.05) is 11.9 Å². The van der Waals surface area contributed by atoms with E-state index >= 15 is 0 Å². The Balaban J connectivity index is 1.46. The van der Waals surface area contributed by atoms with Crippen molar-refractivity contribution in [3.8, 4) is 11.3 Å². The number of aryl methyl sites for hydroxylation is 2. The first-order chi connectivity index (χ1) is 14.7. The van der Waals surface area contributed by atoms with Crippen LogP contribution in [0.1, 0.15) is 37.1 Å². The van der Waals surface area contributed by atoms with Gasteiger partial charge >= 0.3 is 6.03 Å². The number of nitrogens with zero attached hydrogens (tertiary/aromatic N) is 5. The van der Waals surface area contributed by atoms with Crippen LogP contribution in [0.25, 0.3) is 11.3 Å². The van der Waals surface area contributed by atoms with Crippen molar-refractivity contribution in [3.63, 3.8) is 0 Å². The van der Waals surface area contributed by atoms with E-state index in [-0.39, 0.29) is 5.91 Å². The Morgan fingerprint density at radius 3 is 2.71 bits per heavy atom. The number of rotatable bonds is 4. The highest BCUT2D eigenvalue weighted by Crippen LogP contribution is 2.30. The van der Waals surface area contributed by atoms with Crippen molar-refractivity contribution in [1.29, 1.82) is 0 Å². The molecule has 0 spiro atoms. The summed E-state index contributed by atoms with van der Waals surface area (Å²) in [7, 11) is 1.88. The van der Waals surface area contributed by atoms with Crippen LogP contribution in [0.15, 0.2) is 42.9 Å². The predicted octanol–water partition coefficient (Wildman–Crippen LogP) is 3.57. The van der Waals surface area contributed by atoms with Crippen LogP contribution in [0.4, 0.5) is 10.6 Å². The first-order valence-corrected chi connectivity index (χ1v) is 10.3. The van der Waals surface area contributed by atoms with Gasteiger partial charge in [-0.25, -0.2) is 9.78 Å². The van der Waals surface area contributed by atoms with Crippen molar-refractivity contribution in [2.45, 2.75) is 33.6 Å². The fourth-order valence-corrected chi connectivity index (χ4v) is 3.70. The minimum absolute atomic E-state index is 0.152. The van der Waals surface area contributed by atoms with E-state index in [1.165, 1.54) is 4.90 Å². The lowest BCUT2D eigenvalue weighted by molar-refractivity contribution is -0.131. The van der Waals surface area contributed by atoms with Crippen molar-refractivity contribution < 1.29 is 9.59 Å². The van der Waals surface area contributed by atoms with Gasteiger partial charge in [-0.2, -0.15) is 5.10 Å². The monoisotopic (exact) mass is 418 g/mol. The van der Waals surface area contributed by atoms with Crippen molar-refractivity contribution >= 4 is 17.8 Å². The number of likely N-dealkylation sites (tertiary alicyclic amines) is 1. The molecule has 1 aliphatic rings. The smallest absolute Gasteiger partial charge is 0.292 e. The lowest BCUT2D eigenvalue weighted by Gasteiger charge is -2.18. The van der Waals surface area contributed by atoms with Crippen LogP contribution in [0.5, 0.6) is 0 Å². The van der Waals surface area contributed by atoms with Gasteiger partial charge in [0.15, 0.2) is 0 Å². The number of aromatic nitrogens is 4. The third kappa shape index (κ3) is 4.33. The first kappa shape index (κ1) is 20.7. The largest absolute Gasteiger partial charge is 0.329 e. The van der Waals surface area contributed by atoms with Crippen LogP contribution in [-0.2, 0) is 18.3 Å². The molecule has 4 rings (SSSR count). The molecule has 0 radical (unpaired) electrons. The minimum Gasteiger partial charge on any atom is -0.292 e. The number of nitrogens with one attached hydrogen (secondary N) is 1. The maximum Gasteiger partial charge on any atom is 0.329 e. The van der Waals surface area contributed by atoms with Crippen LogP contribution < -0.4 is 5.32 Å². The van der Waals surface area contributed by atoms with E-state index in [4.69, 9.17) is 0 Å². The summed E-state index contributed by atoms with van der Waals surface area (Å²) >= 11 is 0. The topological polar surface area (TPSA) is 93.0 Å². The molecule has 8 heteroatoms. The maximum atomic E-state index is 12.5. The molecular weight excluding hydrogens is 392 g/mol. The molecule has 4 heterocycles. The Bertz CT molecular complexity index is 1150. The Morgan fingerprint density at radius 1 is 1.26 bits per heavy atom. The number of anilines is 1. The fourth-order valence-electron chi connectivity index (χ4n) is 3.70. The number of amides is 3. The van der Waals surface area contributed by atoms with Gasteiger partial charge < -0.3 is 0 Å². The summed E-state index contributed by atoms with van der Waals surface area (Å²) in [4.78, 5) is 35.1. The molecular formula is C23H26N6O2. The third-order valence-electron chi connectivity index (χ3n) is 5.68. The molecule has 0 saturated carbocycles. The fraction of sp³-hybridized carbons (Fsp3) is 0.348. The number of hydrogen-bond acceptors (Lipinski definition) is 5. The number of hydrogen-bond donors (Lipinski definition) is 1. The van der Waals surface area contributed by atoms with Crippen LogP contribution in [0.3, 0.4) is 0 Å². The highest BCUT2D eigenvalue weighted by molar-refractivity contribution is 6.03. The molecule has 1 saturated heterocycles. The molecule has 160 valence electrons. The highest BCUT2D eigenvalue weighted by atomic mass is 16.2. The maximum absolute atomic E-state index is 12.5. The Morgan fingerprint density at radius 2 is 2.06 bits per heavy atom. The standard InChI is InChI=1S/C23H26N6O2/c1-15-17(11-16-7-9-24-19(12-16)18-13-25-28(4)14-18)5-6-20(26-15)27-22(31)29-10-8-23(2,3)21(29)30/h5-7,9,12-14H,8,10-11H2,1-4H3,(H,26,27,31). The molecule has 3 aromatic heterocycles. The van der Waals surface area contributed by atoms with Crippen LogP contribution in [0, 0.1) is 12.3 Å². The van der Waals surface area contributed by atoms with Gasteiger partial charge in [0.2, 0.25) is 5.91 Å². The summed E-state index contributed by atoms with van der Waals surface area (Å²) in [5.41, 5.74) is 4.34. The number of pyridine rings is 2. The number of carbonyl (C=O) groups excluding carboxylic acids is 2. The SMILES string of the molecule is Cc1nc(NC(=O)N2CCC(C)(C)C2=O)ccc1Cc1ccnc(-c2cnn(C)c2)c1. The van der Waals surface area contributed by atoms with Crippen molar-refractivity contribution in [3.05, 3.63) is 59.7 Å². The van der Waals surface area contributed by atoms with Crippen molar-refractivity contribution in [2.24, 2.45) is 12.5 Å². The van der Waals surface area contributed by atoms with E-state index in [1.807, 2.05) is 52.2 Å². The second kappa shape index (κ2) is 7.94. The second-order valence-corrected chi connectivity index (χ2v) is 8.59. The second-order valence-electron chi connectivity index (χ2n) is 8.59. The van der Waals surface area contributed by atoms with E-state index in [2.05, 4.69) is 20.4 Å². The molecule has 0 atom stereocenters. The highest BCUT2D eigenvalue weighted by Gasteiger charge is 2.41.